The molecule has 0 bridgehead atoms. The Labute approximate surface area is 152 Å². The van der Waals surface area contributed by atoms with E-state index >= 15 is 0 Å². The average Bonchev–Trinajstić information content (AvgIpc) is 2.64. The van der Waals surface area contributed by atoms with Crippen LogP contribution in [0.4, 0.5) is 0 Å². The highest BCUT2D eigenvalue weighted by molar-refractivity contribution is 8.00. The number of hydrogen-bond donors (Lipinski definition) is 2. The summed E-state index contributed by atoms with van der Waals surface area (Å²) in [4.78, 5) is 39.9. The van der Waals surface area contributed by atoms with Crippen molar-refractivity contribution < 1.29 is 19.5 Å². The third-order valence-corrected chi connectivity index (χ3v) is 5.44. The summed E-state index contributed by atoms with van der Waals surface area (Å²) in [6.45, 7) is -0.104. The molecule has 9 nitrogen and oxygen atoms in total. The number of thioether (sulfide) groups is 1. The minimum atomic E-state index is -1.25. The number of nitrogens with one attached hydrogen (secondary N) is 1. The smallest absolute Gasteiger partial charge is 0.352 e. The second-order valence-corrected chi connectivity index (χ2v) is 6.87. The van der Waals surface area contributed by atoms with Crippen LogP contribution in [0.25, 0.3) is 10.4 Å². The van der Waals surface area contributed by atoms with Gasteiger partial charge in [-0.2, -0.15) is 0 Å². The molecule has 2 aliphatic heterocycles. The van der Waals surface area contributed by atoms with E-state index < -0.39 is 23.3 Å². The molecule has 0 aromatic heterocycles. The maximum atomic E-state index is 12.4. The fourth-order valence-electron chi connectivity index (χ4n) is 2.93. The van der Waals surface area contributed by atoms with Crippen molar-refractivity contribution in [3.8, 4) is 0 Å². The van der Waals surface area contributed by atoms with Crippen molar-refractivity contribution in [2.24, 2.45) is 5.11 Å². The summed E-state index contributed by atoms with van der Waals surface area (Å²) in [5.74, 6) is -1.70. The van der Waals surface area contributed by atoms with Crippen LogP contribution in [0.2, 0.25) is 0 Å². The Bertz CT molecular complexity index is 834. The van der Waals surface area contributed by atoms with Crippen molar-refractivity contribution in [2.45, 2.75) is 17.8 Å². The maximum Gasteiger partial charge on any atom is 0.352 e. The molecule has 0 aliphatic carbocycles. The Morgan fingerprint density at radius 1 is 1.38 bits per heavy atom. The van der Waals surface area contributed by atoms with Gasteiger partial charge in [-0.15, -0.1) is 11.8 Å². The van der Waals surface area contributed by atoms with Crippen LogP contribution in [0, 0.1) is 0 Å². The van der Waals surface area contributed by atoms with Crippen LogP contribution in [-0.2, 0) is 20.8 Å². The number of amides is 2. The largest absolute Gasteiger partial charge is 0.477 e. The Morgan fingerprint density at radius 3 is 2.77 bits per heavy atom. The van der Waals surface area contributed by atoms with Gasteiger partial charge in [0, 0.05) is 10.7 Å². The first kappa shape index (κ1) is 17.8. The van der Waals surface area contributed by atoms with E-state index in [0.717, 1.165) is 10.5 Å². The molecule has 2 heterocycles. The fourth-order valence-corrected chi connectivity index (χ4v) is 4.26. The Kier molecular flexibility index (Phi) is 5.15. The van der Waals surface area contributed by atoms with Crippen LogP contribution in [0.3, 0.4) is 0 Å². The first-order valence-electron chi connectivity index (χ1n) is 7.77. The normalized spacial score (nSPS) is 21.4. The molecule has 2 aliphatic rings. The molecule has 0 spiro atoms. The van der Waals surface area contributed by atoms with E-state index in [1.807, 2.05) is 30.3 Å². The minimum absolute atomic E-state index is 0.104. The summed E-state index contributed by atoms with van der Waals surface area (Å²) in [6.07, 6.45) is 0.145. The number of carbonyl (C=O) groups excluding carboxylic acids is 2. The van der Waals surface area contributed by atoms with E-state index in [1.54, 1.807) is 0 Å². The molecule has 1 aromatic carbocycles. The molecular weight excluding hydrogens is 358 g/mol. The monoisotopic (exact) mass is 373 g/mol. The molecule has 26 heavy (non-hydrogen) atoms. The van der Waals surface area contributed by atoms with Crippen molar-refractivity contribution in [2.75, 3.05) is 12.3 Å². The molecule has 134 valence electrons. The van der Waals surface area contributed by atoms with Gasteiger partial charge in [0.2, 0.25) is 5.91 Å². The van der Waals surface area contributed by atoms with Crippen molar-refractivity contribution in [3.63, 3.8) is 0 Å². The third kappa shape index (κ3) is 3.37. The van der Waals surface area contributed by atoms with Gasteiger partial charge in [-0.25, -0.2) is 4.79 Å². The summed E-state index contributed by atoms with van der Waals surface area (Å²) in [7, 11) is 0. The minimum Gasteiger partial charge on any atom is -0.477 e. The molecule has 0 saturated carbocycles. The highest BCUT2D eigenvalue weighted by atomic mass is 32.2. The summed E-state index contributed by atoms with van der Waals surface area (Å²) in [5.41, 5.74) is 9.48. The van der Waals surface area contributed by atoms with Crippen molar-refractivity contribution in [1.82, 2.24) is 10.2 Å². The second-order valence-electron chi connectivity index (χ2n) is 5.76. The molecule has 2 atom stereocenters. The van der Waals surface area contributed by atoms with Crippen LogP contribution in [0.1, 0.15) is 5.56 Å². The van der Waals surface area contributed by atoms with Crippen molar-refractivity contribution >= 4 is 29.5 Å². The number of β-lactam (4-membered cyclic amide) rings is 1. The first-order chi connectivity index (χ1) is 12.5. The standard InChI is InChI=1S/C16H15N5O4S/c17-20-18-7-10-8-26-15-12(14(23)21(15)13(10)16(24)25)19-11(22)6-9-4-2-1-3-5-9/h1-5,12,15H,6-8H2,(H,19,22)(H,24,25)/t12?,15-/m1/s1. The van der Waals surface area contributed by atoms with Crippen LogP contribution >= 0.6 is 11.8 Å². The number of rotatable bonds is 6. The average molecular weight is 373 g/mol. The van der Waals surface area contributed by atoms with Gasteiger partial charge in [-0.1, -0.05) is 35.4 Å². The van der Waals surface area contributed by atoms with Gasteiger partial charge in [0.05, 0.1) is 13.0 Å². The predicted octanol–water partition coefficient (Wildman–Crippen LogP) is 1.28. The van der Waals surface area contributed by atoms with Gasteiger partial charge in [-0.05, 0) is 16.7 Å². The predicted molar refractivity (Wildman–Crippen MR) is 93.8 cm³/mol. The van der Waals surface area contributed by atoms with E-state index in [2.05, 4.69) is 15.3 Å². The zero-order valence-electron chi connectivity index (χ0n) is 13.5. The van der Waals surface area contributed by atoms with Gasteiger partial charge in [-0.3, -0.25) is 14.5 Å². The van der Waals surface area contributed by atoms with Gasteiger partial charge in [0.15, 0.2) is 0 Å². The van der Waals surface area contributed by atoms with E-state index in [-0.39, 0.29) is 24.6 Å². The highest BCUT2D eigenvalue weighted by Gasteiger charge is 2.53. The molecule has 1 aromatic rings. The van der Waals surface area contributed by atoms with Crippen molar-refractivity contribution in [3.05, 3.63) is 57.6 Å². The zero-order valence-corrected chi connectivity index (χ0v) is 14.3. The van der Waals surface area contributed by atoms with Gasteiger partial charge in [0.1, 0.15) is 17.1 Å². The van der Waals surface area contributed by atoms with Gasteiger partial charge < -0.3 is 10.4 Å². The fraction of sp³-hybridized carbons (Fsp3) is 0.312. The highest BCUT2D eigenvalue weighted by Crippen LogP contribution is 2.40. The molecular formula is C16H15N5O4S. The number of aliphatic carboxylic acids is 1. The van der Waals surface area contributed by atoms with Gasteiger partial charge in [0.25, 0.3) is 5.91 Å². The number of benzene rings is 1. The van der Waals surface area contributed by atoms with E-state index in [9.17, 15) is 19.5 Å². The number of nitrogens with zero attached hydrogens (tertiary/aromatic N) is 4. The van der Waals surface area contributed by atoms with Crippen molar-refractivity contribution in [1.29, 1.82) is 0 Å². The SMILES string of the molecule is [N-]=[N+]=NCC1=C(C(=O)O)N2C(=O)C(NC(=O)Cc3ccccc3)[C@H]2SC1. The molecule has 3 rings (SSSR count). The van der Waals surface area contributed by atoms with Gasteiger partial charge >= 0.3 is 5.97 Å². The lowest BCUT2D eigenvalue weighted by Crippen LogP contribution is -2.70. The summed E-state index contributed by atoms with van der Waals surface area (Å²) in [5, 5.41) is 15.0. The molecule has 2 N–H and O–H groups in total. The quantitative estimate of drug-likeness (QED) is 0.335. The summed E-state index contributed by atoms with van der Waals surface area (Å²) in [6, 6.07) is 8.37. The summed E-state index contributed by atoms with van der Waals surface area (Å²) >= 11 is 1.34. The van der Waals surface area contributed by atoms with Crippen LogP contribution in [-0.4, -0.2) is 51.5 Å². The van der Waals surface area contributed by atoms with E-state index in [4.69, 9.17) is 5.53 Å². The second kappa shape index (κ2) is 7.51. The number of hydrogen-bond acceptors (Lipinski definition) is 5. The number of carbonyl (C=O) groups is 3. The molecule has 1 saturated heterocycles. The Hall–Kier alpha value is -2.97. The lowest BCUT2D eigenvalue weighted by molar-refractivity contribution is -0.150. The lowest BCUT2D eigenvalue weighted by atomic mass is 10.0. The summed E-state index contributed by atoms with van der Waals surface area (Å²) < 4.78 is 0. The van der Waals surface area contributed by atoms with Crippen LogP contribution in [0.5, 0.6) is 0 Å². The number of fused-ring (bicyclic) bond motifs is 1. The number of carboxylic acids is 1. The van der Waals surface area contributed by atoms with Crippen LogP contribution in [0.15, 0.2) is 46.7 Å². The lowest BCUT2D eigenvalue weighted by Gasteiger charge is -2.49. The van der Waals surface area contributed by atoms with E-state index in [0.29, 0.717) is 11.3 Å². The molecule has 1 unspecified atom stereocenters. The van der Waals surface area contributed by atoms with Crippen LogP contribution < -0.4 is 5.32 Å². The zero-order chi connectivity index (χ0) is 18.7. The first-order valence-corrected chi connectivity index (χ1v) is 8.82. The number of azide groups is 1. The topological polar surface area (TPSA) is 135 Å². The Morgan fingerprint density at radius 2 is 2.12 bits per heavy atom. The molecule has 2 amide bonds. The molecule has 10 heteroatoms. The molecule has 1 fully saturated rings. The maximum absolute atomic E-state index is 12.4. The third-order valence-electron chi connectivity index (χ3n) is 4.10. The number of carboxylic acid groups (broad SMARTS) is 1. The molecule has 0 radical (unpaired) electrons. The van der Waals surface area contributed by atoms with E-state index in [1.165, 1.54) is 11.8 Å². The Balaban J connectivity index is 1.71.